The molecule has 2 N–H and O–H groups in total. The number of para-hydroxylation sites is 1. The van der Waals surface area contributed by atoms with Crippen LogP contribution in [-0.4, -0.2) is 31.4 Å². The van der Waals surface area contributed by atoms with Gasteiger partial charge in [-0.15, -0.1) is 0 Å². The van der Waals surface area contributed by atoms with Crippen molar-refractivity contribution in [3.05, 3.63) is 60.2 Å². The average molecular weight is 366 g/mol. The number of amides is 2. The fourth-order valence-electron chi connectivity index (χ4n) is 2.57. The molecule has 2 heterocycles. The van der Waals surface area contributed by atoms with Gasteiger partial charge in [0, 0.05) is 37.6 Å². The number of anilines is 2. The Morgan fingerprint density at radius 1 is 1.07 bits per heavy atom. The van der Waals surface area contributed by atoms with E-state index in [1.807, 2.05) is 38.2 Å². The Morgan fingerprint density at radius 2 is 1.85 bits per heavy atom. The second-order valence-electron chi connectivity index (χ2n) is 6.15. The lowest BCUT2D eigenvalue weighted by Gasteiger charge is -2.07. The summed E-state index contributed by atoms with van der Waals surface area (Å²) in [6.45, 7) is 4.92. The third-order valence-corrected chi connectivity index (χ3v) is 3.94. The third-order valence-electron chi connectivity index (χ3n) is 3.94. The molecule has 2 aromatic heterocycles. The van der Waals surface area contributed by atoms with E-state index < -0.39 is 0 Å². The van der Waals surface area contributed by atoms with Crippen molar-refractivity contribution in [2.24, 2.45) is 0 Å². The fraction of sp³-hybridized carbons (Fsp3) is 0.263. The van der Waals surface area contributed by atoms with Crippen molar-refractivity contribution < 1.29 is 9.59 Å². The van der Waals surface area contributed by atoms with Gasteiger partial charge < -0.3 is 10.6 Å². The van der Waals surface area contributed by atoms with E-state index in [0.29, 0.717) is 24.5 Å². The molecule has 0 aliphatic rings. The second-order valence-corrected chi connectivity index (χ2v) is 6.15. The lowest BCUT2D eigenvalue weighted by Crippen LogP contribution is -2.19. The summed E-state index contributed by atoms with van der Waals surface area (Å²) < 4.78 is 3.33. The van der Waals surface area contributed by atoms with Crippen LogP contribution < -0.4 is 10.6 Å². The highest BCUT2D eigenvalue weighted by molar-refractivity contribution is 6.08. The van der Waals surface area contributed by atoms with Gasteiger partial charge in [0.2, 0.25) is 5.91 Å². The molecule has 27 heavy (non-hydrogen) atoms. The van der Waals surface area contributed by atoms with Gasteiger partial charge in [0.15, 0.2) is 5.69 Å². The predicted octanol–water partition coefficient (Wildman–Crippen LogP) is 2.69. The first-order valence-electron chi connectivity index (χ1n) is 8.78. The number of carbonyl (C=O) groups excluding carboxylic acids is 2. The normalized spacial score (nSPS) is 10.6. The molecule has 3 rings (SSSR count). The van der Waals surface area contributed by atoms with Gasteiger partial charge in [-0.3, -0.25) is 19.0 Å². The molecule has 8 heteroatoms. The first-order chi connectivity index (χ1) is 13.0. The number of aromatic nitrogens is 4. The van der Waals surface area contributed by atoms with E-state index >= 15 is 0 Å². The van der Waals surface area contributed by atoms with Crippen LogP contribution in [0.15, 0.2) is 48.9 Å². The van der Waals surface area contributed by atoms with E-state index in [2.05, 4.69) is 20.8 Å². The molecule has 0 radical (unpaired) electrons. The average Bonchev–Trinajstić information content (AvgIpc) is 3.27. The maximum Gasteiger partial charge on any atom is 0.278 e. The van der Waals surface area contributed by atoms with Gasteiger partial charge in [0.05, 0.1) is 11.9 Å². The lowest BCUT2D eigenvalue weighted by molar-refractivity contribution is -0.116. The number of hydrogen-bond donors (Lipinski definition) is 2. The minimum absolute atomic E-state index is 0.184. The quantitative estimate of drug-likeness (QED) is 0.672. The number of nitrogens with one attached hydrogen (secondary N) is 2. The molecule has 1 aromatic carbocycles. The van der Waals surface area contributed by atoms with Gasteiger partial charge in [-0.2, -0.15) is 10.2 Å². The van der Waals surface area contributed by atoms with Crippen molar-refractivity contribution in [1.29, 1.82) is 0 Å². The van der Waals surface area contributed by atoms with Crippen molar-refractivity contribution in [2.45, 2.75) is 33.4 Å². The molecule has 3 aromatic rings. The Kier molecular flexibility index (Phi) is 5.65. The highest BCUT2D eigenvalue weighted by Crippen LogP contribution is 2.17. The fourth-order valence-corrected chi connectivity index (χ4v) is 2.57. The summed E-state index contributed by atoms with van der Waals surface area (Å²) in [4.78, 5) is 24.9. The van der Waals surface area contributed by atoms with Gasteiger partial charge in [0.25, 0.3) is 5.91 Å². The summed E-state index contributed by atoms with van der Waals surface area (Å²) in [7, 11) is 0. The van der Waals surface area contributed by atoms with E-state index in [-0.39, 0.29) is 23.9 Å². The number of aryl methyl sites for hydroxylation is 3. The highest BCUT2D eigenvalue weighted by Gasteiger charge is 2.18. The van der Waals surface area contributed by atoms with Crippen LogP contribution >= 0.6 is 0 Å². The highest BCUT2D eigenvalue weighted by atomic mass is 16.2. The minimum atomic E-state index is -0.369. The van der Waals surface area contributed by atoms with Crippen molar-refractivity contribution in [3.63, 3.8) is 0 Å². The maximum absolute atomic E-state index is 12.6. The maximum atomic E-state index is 12.6. The summed E-state index contributed by atoms with van der Waals surface area (Å²) in [5.41, 5.74) is 2.29. The lowest BCUT2D eigenvalue weighted by atomic mass is 10.3. The number of benzene rings is 1. The SMILES string of the molecule is CCn1cc(NC(=O)CCn2cc(C)cn2)c(C(=O)Nc2ccccc2)n1. The van der Waals surface area contributed by atoms with Crippen molar-refractivity contribution in [2.75, 3.05) is 10.6 Å². The van der Waals surface area contributed by atoms with Crippen LogP contribution in [0.1, 0.15) is 29.4 Å². The van der Waals surface area contributed by atoms with Gasteiger partial charge in [-0.1, -0.05) is 18.2 Å². The molecule has 0 aliphatic heterocycles. The predicted molar refractivity (Wildman–Crippen MR) is 103 cm³/mol. The Morgan fingerprint density at radius 3 is 2.52 bits per heavy atom. The largest absolute Gasteiger partial charge is 0.323 e. The zero-order chi connectivity index (χ0) is 19.2. The third kappa shape index (κ3) is 4.81. The summed E-state index contributed by atoms with van der Waals surface area (Å²) in [5, 5.41) is 14.0. The Labute approximate surface area is 157 Å². The molecular formula is C19H22N6O2. The monoisotopic (exact) mass is 366 g/mol. The summed E-state index contributed by atoms with van der Waals surface area (Å²) in [5.74, 6) is -0.570. The molecular weight excluding hydrogens is 344 g/mol. The van der Waals surface area contributed by atoms with Gasteiger partial charge >= 0.3 is 0 Å². The molecule has 0 unspecified atom stereocenters. The number of nitrogens with zero attached hydrogens (tertiary/aromatic N) is 4. The van der Waals surface area contributed by atoms with Gasteiger partial charge in [-0.25, -0.2) is 0 Å². The molecule has 0 bridgehead atoms. The van der Waals surface area contributed by atoms with Crippen LogP contribution in [0.5, 0.6) is 0 Å². The topological polar surface area (TPSA) is 93.8 Å². The Bertz CT molecular complexity index is 929. The smallest absolute Gasteiger partial charge is 0.278 e. The van der Waals surface area contributed by atoms with Crippen molar-refractivity contribution in [1.82, 2.24) is 19.6 Å². The van der Waals surface area contributed by atoms with Gasteiger partial charge in [0.1, 0.15) is 0 Å². The van der Waals surface area contributed by atoms with E-state index in [1.54, 1.807) is 33.9 Å². The summed E-state index contributed by atoms with van der Waals surface area (Å²) in [6, 6.07) is 9.12. The van der Waals surface area contributed by atoms with E-state index in [4.69, 9.17) is 0 Å². The summed E-state index contributed by atoms with van der Waals surface area (Å²) >= 11 is 0. The number of carbonyl (C=O) groups is 2. The Balaban J connectivity index is 1.68. The molecule has 0 aliphatic carbocycles. The molecule has 140 valence electrons. The van der Waals surface area contributed by atoms with Crippen molar-refractivity contribution in [3.8, 4) is 0 Å². The van der Waals surface area contributed by atoms with Crippen LogP contribution in [0, 0.1) is 6.92 Å². The minimum Gasteiger partial charge on any atom is -0.323 e. The molecule has 2 amide bonds. The first kappa shape index (κ1) is 18.4. The summed E-state index contributed by atoms with van der Waals surface area (Å²) in [6.07, 6.45) is 5.53. The molecule has 0 saturated heterocycles. The number of rotatable bonds is 7. The zero-order valence-corrected chi connectivity index (χ0v) is 15.3. The van der Waals surface area contributed by atoms with E-state index in [1.165, 1.54) is 0 Å². The van der Waals surface area contributed by atoms with Crippen LogP contribution in [0.2, 0.25) is 0 Å². The molecule has 8 nitrogen and oxygen atoms in total. The molecule has 0 saturated carbocycles. The van der Waals surface area contributed by atoms with Gasteiger partial charge in [-0.05, 0) is 31.5 Å². The first-order valence-corrected chi connectivity index (χ1v) is 8.78. The van der Waals surface area contributed by atoms with Crippen LogP contribution in [0.25, 0.3) is 0 Å². The standard InChI is InChI=1S/C19H22N6O2/c1-3-24-13-16(22-17(26)9-10-25-12-14(2)11-20-25)18(23-24)19(27)21-15-7-5-4-6-8-15/h4-8,11-13H,3,9-10H2,1-2H3,(H,21,27)(H,22,26). The Hall–Kier alpha value is -3.42. The van der Waals surface area contributed by atoms with Crippen LogP contribution in [0.3, 0.4) is 0 Å². The number of hydrogen-bond acceptors (Lipinski definition) is 4. The van der Waals surface area contributed by atoms with E-state index in [0.717, 1.165) is 5.56 Å². The van der Waals surface area contributed by atoms with Crippen LogP contribution in [0.4, 0.5) is 11.4 Å². The van der Waals surface area contributed by atoms with E-state index in [9.17, 15) is 9.59 Å². The van der Waals surface area contributed by atoms with Crippen LogP contribution in [-0.2, 0) is 17.9 Å². The molecule has 0 fully saturated rings. The second kappa shape index (κ2) is 8.31. The molecule has 0 atom stereocenters. The zero-order valence-electron chi connectivity index (χ0n) is 15.3. The molecule has 0 spiro atoms. The van der Waals surface area contributed by atoms with Crippen molar-refractivity contribution >= 4 is 23.2 Å².